The summed E-state index contributed by atoms with van der Waals surface area (Å²) in [5.41, 5.74) is 0.605. The van der Waals surface area contributed by atoms with E-state index in [1.807, 2.05) is 18.5 Å². The predicted molar refractivity (Wildman–Crippen MR) is 83.9 cm³/mol. The van der Waals surface area contributed by atoms with Gasteiger partial charge in [0.2, 0.25) is 0 Å². The van der Waals surface area contributed by atoms with Crippen LogP contribution in [-0.4, -0.2) is 33.6 Å². The first kappa shape index (κ1) is 14.3. The number of anilines is 1. The van der Waals surface area contributed by atoms with E-state index in [0.29, 0.717) is 0 Å². The number of hydrogen-bond donors (Lipinski definition) is 1. The molecule has 1 N–H and O–H groups in total. The Bertz CT molecular complexity index is 649. The summed E-state index contributed by atoms with van der Waals surface area (Å²) in [5.74, 6) is 0.123. The number of aromatic nitrogens is 2. The van der Waals surface area contributed by atoms with Gasteiger partial charge in [-0.3, -0.25) is 4.79 Å². The molecule has 0 unspecified atom stereocenters. The summed E-state index contributed by atoms with van der Waals surface area (Å²) in [6.07, 6.45) is 6.90. The van der Waals surface area contributed by atoms with Crippen LogP contribution in [0.4, 0.5) is 5.82 Å². The van der Waals surface area contributed by atoms with E-state index in [9.17, 15) is 9.90 Å². The molecule has 1 aliphatic rings. The fourth-order valence-corrected chi connectivity index (χ4v) is 4.23. The predicted octanol–water partition coefficient (Wildman–Crippen LogP) is 3.31. The maximum absolute atomic E-state index is 11.4. The van der Waals surface area contributed by atoms with Crippen LogP contribution >= 0.6 is 11.3 Å². The van der Waals surface area contributed by atoms with E-state index < -0.39 is 5.97 Å². The molecule has 1 fully saturated rings. The van der Waals surface area contributed by atoms with Crippen LogP contribution < -0.4 is 4.90 Å². The minimum atomic E-state index is -0.736. The van der Waals surface area contributed by atoms with Crippen molar-refractivity contribution in [1.82, 2.24) is 9.97 Å². The SMILES string of the molecule is CN(c1ncnc2ccsc12)C1(CC(=O)O)CCCCC1. The number of rotatable bonds is 4. The average Bonchev–Trinajstić information content (AvgIpc) is 2.95. The Balaban J connectivity index is 2.02. The number of hydrogen-bond acceptors (Lipinski definition) is 5. The molecule has 0 bridgehead atoms. The molecule has 1 saturated carbocycles. The lowest BCUT2D eigenvalue weighted by Gasteiger charge is -2.44. The van der Waals surface area contributed by atoms with Crippen LogP contribution in [0.1, 0.15) is 38.5 Å². The van der Waals surface area contributed by atoms with Crippen molar-refractivity contribution in [2.24, 2.45) is 0 Å². The van der Waals surface area contributed by atoms with Crippen LogP contribution in [0.5, 0.6) is 0 Å². The molecule has 2 aromatic rings. The third kappa shape index (κ3) is 2.60. The lowest BCUT2D eigenvalue weighted by Crippen LogP contribution is -2.50. The van der Waals surface area contributed by atoms with E-state index in [1.165, 1.54) is 6.42 Å². The van der Waals surface area contributed by atoms with Crippen molar-refractivity contribution in [3.8, 4) is 0 Å². The molecule has 1 aliphatic carbocycles. The monoisotopic (exact) mass is 305 g/mol. The van der Waals surface area contributed by atoms with Gasteiger partial charge >= 0.3 is 5.97 Å². The normalized spacial score (nSPS) is 17.8. The summed E-state index contributed by atoms with van der Waals surface area (Å²) in [4.78, 5) is 22.2. The highest BCUT2D eigenvalue weighted by Crippen LogP contribution is 2.40. The number of carbonyl (C=O) groups is 1. The second-order valence-electron chi connectivity index (χ2n) is 5.75. The largest absolute Gasteiger partial charge is 0.481 e. The lowest BCUT2D eigenvalue weighted by atomic mass is 9.78. The zero-order valence-electron chi connectivity index (χ0n) is 12.1. The van der Waals surface area contributed by atoms with E-state index in [4.69, 9.17) is 0 Å². The zero-order valence-corrected chi connectivity index (χ0v) is 12.9. The zero-order chi connectivity index (χ0) is 14.9. The van der Waals surface area contributed by atoms with Gasteiger partial charge in [-0.15, -0.1) is 11.3 Å². The Labute approximate surface area is 127 Å². The molecule has 112 valence electrons. The first-order valence-corrected chi connectivity index (χ1v) is 8.14. The first-order chi connectivity index (χ1) is 10.1. The molecule has 0 aromatic carbocycles. The molecule has 3 rings (SSSR count). The molecule has 21 heavy (non-hydrogen) atoms. The van der Waals surface area contributed by atoms with Crippen LogP contribution in [0.2, 0.25) is 0 Å². The molecular formula is C15H19N3O2S. The van der Waals surface area contributed by atoms with Gasteiger partial charge in [0, 0.05) is 7.05 Å². The molecule has 0 atom stereocenters. The van der Waals surface area contributed by atoms with Gasteiger partial charge in [0.05, 0.1) is 22.2 Å². The maximum Gasteiger partial charge on any atom is 0.305 e. The second kappa shape index (κ2) is 5.60. The highest BCUT2D eigenvalue weighted by Gasteiger charge is 2.39. The number of carboxylic acids is 1. The number of nitrogens with zero attached hydrogens (tertiary/aromatic N) is 3. The molecule has 2 aromatic heterocycles. The standard InChI is InChI=1S/C15H19N3O2S/c1-18(14-13-11(5-8-21-13)16-10-17-14)15(9-12(19)20)6-3-2-4-7-15/h5,8,10H,2-4,6-7,9H2,1H3,(H,19,20). The molecule has 0 radical (unpaired) electrons. The van der Waals surface area contributed by atoms with Crippen molar-refractivity contribution in [2.75, 3.05) is 11.9 Å². The molecule has 5 nitrogen and oxygen atoms in total. The Morgan fingerprint density at radius 2 is 2.14 bits per heavy atom. The van der Waals surface area contributed by atoms with E-state index in [1.54, 1.807) is 17.7 Å². The van der Waals surface area contributed by atoms with Crippen molar-refractivity contribution in [1.29, 1.82) is 0 Å². The number of carboxylic acid groups (broad SMARTS) is 1. The minimum Gasteiger partial charge on any atom is -0.481 e. The Hall–Kier alpha value is -1.69. The molecule has 0 spiro atoms. The fraction of sp³-hybridized carbons (Fsp3) is 0.533. The second-order valence-corrected chi connectivity index (χ2v) is 6.66. The molecule has 0 saturated heterocycles. The quantitative estimate of drug-likeness (QED) is 0.938. The number of aliphatic carboxylic acids is 1. The highest BCUT2D eigenvalue weighted by molar-refractivity contribution is 7.17. The Morgan fingerprint density at radius 3 is 2.86 bits per heavy atom. The van der Waals surface area contributed by atoms with Crippen molar-refractivity contribution in [3.63, 3.8) is 0 Å². The Morgan fingerprint density at radius 1 is 1.38 bits per heavy atom. The summed E-state index contributed by atoms with van der Waals surface area (Å²) in [6.45, 7) is 0. The van der Waals surface area contributed by atoms with Crippen molar-refractivity contribution >= 4 is 33.3 Å². The molecule has 0 aliphatic heterocycles. The summed E-state index contributed by atoms with van der Waals surface area (Å²) < 4.78 is 1.04. The number of thiophene rings is 1. The smallest absolute Gasteiger partial charge is 0.305 e. The van der Waals surface area contributed by atoms with Crippen LogP contribution in [0.15, 0.2) is 17.8 Å². The van der Waals surface area contributed by atoms with Crippen LogP contribution in [-0.2, 0) is 4.79 Å². The lowest BCUT2D eigenvalue weighted by molar-refractivity contribution is -0.138. The van der Waals surface area contributed by atoms with Crippen molar-refractivity contribution in [2.45, 2.75) is 44.1 Å². The van der Waals surface area contributed by atoms with Gasteiger partial charge in [0.25, 0.3) is 0 Å². The maximum atomic E-state index is 11.4. The molecular weight excluding hydrogens is 286 g/mol. The fourth-order valence-electron chi connectivity index (χ4n) is 3.36. The highest BCUT2D eigenvalue weighted by atomic mass is 32.1. The van der Waals surface area contributed by atoms with Gasteiger partial charge in [-0.25, -0.2) is 9.97 Å². The van der Waals surface area contributed by atoms with Crippen molar-refractivity contribution < 1.29 is 9.90 Å². The first-order valence-electron chi connectivity index (χ1n) is 7.26. The summed E-state index contributed by atoms with van der Waals surface area (Å²) in [6, 6.07) is 1.98. The van der Waals surface area contributed by atoms with E-state index in [2.05, 4.69) is 14.9 Å². The Kier molecular flexibility index (Phi) is 3.80. The summed E-state index contributed by atoms with van der Waals surface area (Å²) >= 11 is 1.61. The molecule has 0 amide bonds. The summed E-state index contributed by atoms with van der Waals surface area (Å²) in [7, 11) is 1.98. The van der Waals surface area contributed by atoms with Crippen LogP contribution in [0.3, 0.4) is 0 Å². The van der Waals surface area contributed by atoms with Gasteiger partial charge < -0.3 is 10.0 Å². The third-order valence-electron chi connectivity index (χ3n) is 4.52. The topological polar surface area (TPSA) is 66.3 Å². The third-order valence-corrected chi connectivity index (χ3v) is 5.42. The van der Waals surface area contributed by atoms with Gasteiger partial charge in [-0.2, -0.15) is 0 Å². The van der Waals surface area contributed by atoms with E-state index >= 15 is 0 Å². The van der Waals surface area contributed by atoms with Crippen LogP contribution in [0, 0.1) is 0 Å². The van der Waals surface area contributed by atoms with E-state index in [-0.39, 0.29) is 12.0 Å². The van der Waals surface area contributed by atoms with Gasteiger partial charge in [0.1, 0.15) is 12.1 Å². The van der Waals surface area contributed by atoms with Gasteiger partial charge in [-0.1, -0.05) is 19.3 Å². The number of fused-ring (bicyclic) bond motifs is 1. The minimum absolute atomic E-state index is 0.167. The average molecular weight is 305 g/mol. The van der Waals surface area contributed by atoms with Gasteiger partial charge in [0.15, 0.2) is 0 Å². The van der Waals surface area contributed by atoms with E-state index in [0.717, 1.165) is 41.7 Å². The van der Waals surface area contributed by atoms with Gasteiger partial charge in [-0.05, 0) is 24.3 Å². The summed E-state index contributed by atoms with van der Waals surface area (Å²) in [5, 5.41) is 11.3. The molecule has 2 heterocycles. The molecule has 6 heteroatoms. The van der Waals surface area contributed by atoms with Crippen molar-refractivity contribution in [3.05, 3.63) is 17.8 Å². The van der Waals surface area contributed by atoms with Crippen LogP contribution in [0.25, 0.3) is 10.2 Å².